The first-order valence-electron chi connectivity index (χ1n) is 7.32. The Morgan fingerprint density at radius 3 is 2.74 bits per heavy atom. The summed E-state index contributed by atoms with van der Waals surface area (Å²) in [5, 5.41) is 2.85. The van der Waals surface area contributed by atoms with Crippen LogP contribution in [0.25, 0.3) is 11.1 Å². The highest BCUT2D eigenvalue weighted by molar-refractivity contribution is 6.05. The van der Waals surface area contributed by atoms with E-state index in [9.17, 15) is 9.59 Å². The molecular formula is C17H18N4O2. The maximum atomic E-state index is 12.3. The fourth-order valence-electron chi connectivity index (χ4n) is 2.58. The maximum Gasteiger partial charge on any atom is 0.250 e. The van der Waals surface area contributed by atoms with Crippen molar-refractivity contribution in [1.82, 2.24) is 4.98 Å². The lowest BCUT2D eigenvalue weighted by Gasteiger charge is -2.13. The summed E-state index contributed by atoms with van der Waals surface area (Å²) < 4.78 is 0. The zero-order valence-electron chi connectivity index (χ0n) is 12.7. The van der Waals surface area contributed by atoms with Gasteiger partial charge in [-0.3, -0.25) is 9.59 Å². The van der Waals surface area contributed by atoms with Crippen molar-refractivity contribution in [2.45, 2.75) is 19.4 Å². The van der Waals surface area contributed by atoms with E-state index >= 15 is 0 Å². The minimum Gasteiger partial charge on any atom is -0.399 e. The van der Waals surface area contributed by atoms with E-state index in [-0.39, 0.29) is 17.5 Å². The molecule has 1 aromatic carbocycles. The average Bonchev–Trinajstić information content (AvgIpc) is 2.51. The lowest BCUT2D eigenvalue weighted by molar-refractivity contribution is -0.112. The van der Waals surface area contributed by atoms with Crippen molar-refractivity contribution in [2.75, 3.05) is 11.1 Å². The summed E-state index contributed by atoms with van der Waals surface area (Å²) in [5.74, 6) is -0.217. The predicted octanol–water partition coefficient (Wildman–Crippen LogP) is 1.91. The largest absolute Gasteiger partial charge is 0.399 e. The van der Waals surface area contributed by atoms with Gasteiger partial charge in [-0.25, -0.2) is 0 Å². The van der Waals surface area contributed by atoms with Crippen molar-refractivity contribution in [1.29, 1.82) is 0 Å². The van der Waals surface area contributed by atoms with Crippen molar-refractivity contribution in [3.8, 4) is 11.1 Å². The lowest BCUT2D eigenvalue weighted by Crippen LogP contribution is -2.17. The number of aromatic amines is 1. The minimum atomic E-state index is -0.388. The Kier molecular flexibility index (Phi) is 3.75. The molecule has 1 amide bonds. The molecule has 2 aromatic rings. The van der Waals surface area contributed by atoms with Crippen LogP contribution in [-0.4, -0.2) is 10.9 Å². The highest BCUT2D eigenvalue weighted by Gasteiger charge is 2.16. The van der Waals surface area contributed by atoms with Crippen LogP contribution in [0.3, 0.4) is 0 Å². The summed E-state index contributed by atoms with van der Waals surface area (Å²) in [7, 11) is 0. The molecule has 2 bridgehead atoms. The summed E-state index contributed by atoms with van der Waals surface area (Å²) >= 11 is 0. The Labute approximate surface area is 133 Å². The van der Waals surface area contributed by atoms with Crippen LogP contribution in [0.5, 0.6) is 0 Å². The third-order valence-corrected chi connectivity index (χ3v) is 3.90. The first-order valence-corrected chi connectivity index (χ1v) is 7.32. The quantitative estimate of drug-likeness (QED) is 0.556. The number of H-pyrrole nitrogens is 1. The smallest absolute Gasteiger partial charge is 0.250 e. The number of fused-ring (bicyclic) bond motifs is 4. The number of amides is 1. The molecule has 3 rings (SSSR count). The fraction of sp³-hybridized carbons (Fsp3) is 0.176. The first kappa shape index (κ1) is 15.1. The number of nitrogens with one attached hydrogen (secondary N) is 2. The molecule has 0 radical (unpaired) electrons. The normalized spacial score (nSPS) is 17.6. The van der Waals surface area contributed by atoms with E-state index in [1.165, 1.54) is 6.07 Å². The second-order valence-corrected chi connectivity index (χ2v) is 5.68. The number of benzene rings is 1. The highest BCUT2D eigenvalue weighted by atomic mass is 16.1. The number of carbonyl (C=O) groups is 1. The van der Waals surface area contributed by atoms with E-state index in [4.69, 9.17) is 11.5 Å². The SMILES string of the molecule is CC1=CCC(N)c2cc(cc(=O)[nH]2)-c2ccc(N)cc2NC1=O. The fourth-order valence-corrected chi connectivity index (χ4v) is 2.58. The number of hydrogen-bond donors (Lipinski definition) is 4. The Morgan fingerprint density at radius 1 is 1.17 bits per heavy atom. The molecule has 6 heteroatoms. The van der Waals surface area contributed by atoms with Gasteiger partial charge in [0.25, 0.3) is 5.91 Å². The number of nitrogen functional groups attached to an aromatic ring is 1. The molecule has 1 unspecified atom stereocenters. The summed E-state index contributed by atoms with van der Waals surface area (Å²) in [6.07, 6.45) is 2.22. The van der Waals surface area contributed by atoms with Gasteiger partial charge in [-0.05, 0) is 37.1 Å². The average molecular weight is 310 g/mol. The molecule has 0 aliphatic carbocycles. The Hall–Kier alpha value is -2.86. The van der Waals surface area contributed by atoms with Crippen molar-refractivity contribution in [3.63, 3.8) is 0 Å². The number of carbonyl (C=O) groups excluding carboxylic acids is 1. The number of nitrogens with two attached hydrogens (primary N) is 2. The molecule has 1 atom stereocenters. The topological polar surface area (TPSA) is 114 Å². The number of hydrogen-bond acceptors (Lipinski definition) is 4. The van der Waals surface area contributed by atoms with Crippen molar-refractivity contribution < 1.29 is 4.79 Å². The highest BCUT2D eigenvalue weighted by Crippen LogP contribution is 2.31. The maximum absolute atomic E-state index is 12.3. The third kappa shape index (κ3) is 3.02. The van der Waals surface area contributed by atoms with E-state index in [1.807, 2.05) is 6.07 Å². The molecule has 6 nitrogen and oxygen atoms in total. The van der Waals surface area contributed by atoms with Crippen LogP contribution < -0.4 is 22.3 Å². The third-order valence-electron chi connectivity index (χ3n) is 3.90. The predicted molar refractivity (Wildman–Crippen MR) is 90.8 cm³/mol. The van der Waals surface area contributed by atoms with Crippen LogP contribution in [-0.2, 0) is 4.79 Å². The van der Waals surface area contributed by atoms with Gasteiger partial charge in [-0.1, -0.05) is 12.1 Å². The molecular weight excluding hydrogens is 292 g/mol. The molecule has 0 spiro atoms. The zero-order valence-corrected chi connectivity index (χ0v) is 12.7. The molecule has 23 heavy (non-hydrogen) atoms. The monoisotopic (exact) mass is 310 g/mol. The second kappa shape index (κ2) is 5.73. The van der Waals surface area contributed by atoms with Gasteiger partial charge < -0.3 is 21.8 Å². The van der Waals surface area contributed by atoms with Gasteiger partial charge in [0, 0.05) is 34.6 Å². The summed E-state index contributed by atoms with van der Waals surface area (Å²) in [6, 6.07) is 8.12. The Morgan fingerprint density at radius 2 is 1.96 bits per heavy atom. The van der Waals surface area contributed by atoms with Crippen molar-refractivity contribution in [2.24, 2.45) is 5.73 Å². The van der Waals surface area contributed by atoms with E-state index in [0.29, 0.717) is 34.6 Å². The van der Waals surface area contributed by atoms with Gasteiger partial charge in [0.15, 0.2) is 0 Å². The van der Waals surface area contributed by atoms with Gasteiger partial charge in [0.05, 0.1) is 5.69 Å². The van der Waals surface area contributed by atoms with Gasteiger partial charge in [0.1, 0.15) is 0 Å². The zero-order chi connectivity index (χ0) is 16.6. The van der Waals surface area contributed by atoms with Gasteiger partial charge in [-0.2, -0.15) is 0 Å². The molecule has 2 heterocycles. The lowest BCUT2D eigenvalue weighted by atomic mass is 10.0. The van der Waals surface area contributed by atoms with Crippen LogP contribution in [0.15, 0.2) is 46.8 Å². The summed E-state index contributed by atoms with van der Waals surface area (Å²) in [4.78, 5) is 27.0. The van der Waals surface area contributed by atoms with E-state index in [2.05, 4.69) is 10.3 Å². The van der Waals surface area contributed by atoms with Crippen molar-refractivity contribution >= 4 is 17.3 Å². The summed E-state index contributed by atoms with van der Waals surface area (Å²) in [5.41, 5.74) is 15.4. The molecule has 1 aliphatic rings. The van der Waals surface area contributed by atoms with Gasteiger partial charge >= 0.3 is 0 Å². The van der Waals surface area contributed by atoms with E-state index in [0.717, 1.165) is 5.56 Å². The van der Waals surface area contributed by atoms with Gasteiger partial charge in [0.2, 0.25) is 5.56 Å². The number of anilines is 2. The molecule has 1 aliphatic heterocycles. The van der Waals surface area contributed by atoms with Crippen LogP contribution >= 0.6 is 0 Å². The van der Waals surface area contributed by atoms with Gasteiger partial charge in [-0.15, -0.1) is 0 Å². The van der Waals surface area contributed by atoms with E-state index < -0.39 is 0 Å². The molecule has 0 saturated carbocycles. The molecule has 0 saturated heterocycles. The molecule has 1 aromatic heterocycles. The Balaban J connectivity index is 2.27. The standard InChI is InChI=1S/C17H18N4O2/c1-9-2-5-13(19)15-6-10(7-16(22)20-15)12-4-3-11(18)8-14(12)21-17(9)23/h2-4,6-8,13H,5,18-19H2,1H3,(H,20,22)(H,21,23). The van der Waals surface area contributed by atoms with Crippen LogP contribution in [0.2, 0.25) is 0 Å². The molecule has 0 fully saturated rings. The second-order valence-electron chi connectivity index (χ2n) is 5.68. The van der Waals surface area contributed by atoms with Crippen molar-refractivity contribution in [3.05, 3.63) is 58.0 Å². The summed E-state index contributed by atoms with van der Waals surface area (Å²) in [6.45, 7) is 1.73. The Bertz CT molecular complexity index is 867. The minimum absolute atomic E-state index is 0.217. The first-order chi connectivity index (χ1) is 10.9. The van der Waals surface area contributed by atoms with Crippen LogP contribution in [0.1, 0.15) is 25.1 Å². The molecule has 6 N–H and O–H groups in total. The molecule has 118 valence electrons. The number of aromatic nitrogens is 1. The van der Waals surface area contributed by atoms with Crippen LogP contribution in [0.4, 0.5) is 11.4 Å². The number of pyridine rings is 1. The number of rotatable bonds is 0. The van der Waals surface area contributed by atoms with E-state index in [1.54, 1.807) is 31.2 Å². The van der Waals surface area contributed by atoms with Crippen LogP contribution in [0, 0.1) is 0 Å².